The Labute approximate surface area is 115 Å². The summed E-state index contributed by atoms with van der Waals surface area (Å²) in [6.07, 6.45) is 2.25. The minimum atomic E-state index is -0.741. The molecular weight excluding hydrogens is 329 g/mol. The first-order chi connectivity index (χ1) is 8.08. The zero-order valence-electron chi connectivity index (χ0n) is 9.77. The molecular formula is C13H16INO2. The molecule has 1 aliphatic rings. The maximum Gasteiger partial charge on any atom is 0.317 e. The Hall–Kier alpha value is -0.620. The van der Waals surface area contributed by atoms with Crippen LogP contribution in [-0.2, 0) is 4.79 Å². The summed E-state index contributed by atoms with van der Waals surface area (Å²) >= 11 is 2.28. The zero-order chi connectivity index (χ0) is 12.4. The van der Waals surface area contributed by atoms with E-state index in [0.717, 1.165) is 12.8 Å². The van der Waals surface area contributed by atoms with Crippen LogP contribution in [0.25, 0.3) is 0 Å². The second-order valence-corrected chi connectivity index (χ2v) is 5.77. The third-order valence-corrected chi connectivity index (χ3v) is 3.90. The van der Waals surface area contributed by atoms with Crippen LogP contribution in [0.5, 0.6) is 0 Å². The fraction of sp³-hybridized carbons (Fsp3) is 0.462. The smallest absolute Gasteiger partial charge is 0.317 e. The highest BCUT2D eigenvalue weighted by atomic mass is 127. The summed E-state index contributed by atoms with van der Waals surface area (Å²) in [5, 5.41) is 8.96. The topological polar surface area (TPSA) is 40.5 Å². The van der Waals surface area contributed by atoms with Crippen molar-refractivity contribution in [3.05, 3.63) is 33.4 Å². The van der Waals surface area contributed by atoms with E-state index in [1.165, 1.54) is 9.13 Å². The lowest BCUT2D eigenvalue weighted by molar-refractivity contribution is -0.139. The molecule has 1 aliphatic carbocycles. The van der Waals surface area contributed by atoms with Gasteiger partial charge in [0.25, 0.3) is 0 Å². The van der Waals surface area contributed by atoms with Gasteiger partial charge in [-0.3, -0.25) is 9.69 Å². The molecule has 0 bridgehead atoms. The lowest BCUT2D eigenvalue weighted by Gasteiger charge is -2.27. The van der Waals surface area contributed by atoms with Crippen LogP contribution in [-0.4, -0.2) is 28.6 Å². The van der Waals surface area contributed by atoms with E-state index in [0.29, 0.717) is 6.04 Å². The van der Waals surface area contributed by atoms with E-state index in [4.69, 9.17) is 5.11 Å². The fourth-order valence-electron chi connectivity index (χ4n) is 2.08. The highest BCUT2D eigenvalue weighted by molar-refractivity contribution is 14.1. The van der Waals surface area contributed by atoms with E-state index in [-0.39, 0.29) is 12.6 Å². The molecule has 0 amide bonds. The van der Waals surface area contributed by atoms with Crippen LogP contribution >= 0.6 is 22.6 Å². The lowest BCUT2D eigenvalue weighted by atomic mass is 10.1. The van der Waals surface area contributed by atoms with E-state index in [1.54, 1.807) is 0 Å². The summed E-state index contributed by atoms with van der Waals surface area (Å²) in [6.45, 7) is 2.22. The van der Waals surface area contributed by atoms with Gasteiger partial charge >= 0.3 is 5.97 Å². The average Bonchev–Trinajstić information content (AvgIpc) is 3.09. The molecule has 1 N–H and O–H groups in total. The summed E-state index contributed by atoms with van der Waals surface area (Å²) in [5.74, 6) is -0.741. The molecule has 1 fully saturated rings. The normalized spacial score (nSPS) is 17.1. The van der Waals surface area contributed by atoms with Crippen molar-refractivity contribution >= 4 is 28.6 Å². The third-order valence-electron chi connectivity index (χ3n) is 3.18. The molecule has 1 aromatic carbocycles. The predicted molar refractivity (Wildman–Crippen MR) is 74.9 cm³/mol. The van der Waals surface area contributed by atoms with Gasteiger partial charge in [-0.25, -0.2) is 0 Å². The molecule has 17 heavy (non-hydrogen) atoms. The Morgan fingerprint density at radius 1 is 1.47 bits per heavy atom. The number of carboxylic acid groups (broad SMARTS) is 1. The summed E-state index contributed by atoms with van der Waals surface area (Å²) in [5.41, 5.74) is 1.19. The predicted octanol–water partition coefficient (Wildman–Crippen LogP) is 2.90. The summed E-state index contributed by atoms with van der Waals surface area (Å²) in [6, 6.07) is 8.94. The SMILES string of the molecule is CC(c1ccc(I)cc1)N(CC(=O)O)C1CC1. The number of rotatable bonds is 5. The second kappa shape index (κ2) is 5.35. The number of aliphatic carboxylic acids is 1. The third kappa shape index (κ3) is 3.42. The van der Waals surface area contributed by atoms with Crippen molar-refractivity contribution in [2.75, 3.05) is 6.54 Å². The van der Waals surface area contributed by atoms with Crippen molar-refractivity contribution in [1.82, 2.24) is 4.90 Å². The van der Waals surface area contributed by atoms with Gasteiger partial charge in [-0.05, 0) is 60.1 Å². The van der Waals surface area contributed by atoms with Gasteiger partial charge in [0, 0.05) is 15.7 Å². The Balaban J connectivity index is 2.12. The maximum absolute atomic E-state index is 10.9. The summed E-state index contributed by atoms with van der Waals surface area (Å²) < 4.78 is 1.20. The quantitative estimate of drug-likeness (QED) is 0.835. The van der Waals surface area contributed by atoms with Gasteiger partial charge in [0.15, 0.2) is 0 Å². The van der Waals surface area contributed by atoms with Crippen LogP contribution < -0.4 is 0 Å². The van der Waals surface area contributed by atoms with Crippen molar-refractivity contribution in [2.24, 2.45) is 0 Å². The molecule has 0 heterocycles. The molecule has 0 saturated heterocycles. The van der Waals surface area contributed by atoms with Gasteiger partial charge in [-0.1, -0.05) is 12.1 Å². The molecule has 1 saturated carbocycles. The van der Waals surface area contributed by atoms with Crippen molar-refractivity contribution in [1.29, 1.82) is 0 Å². The molecule has 1 unspecified atom stereocenters. The van der Waals surface area contributed by atoms with E-state index in [9.17, 15) is 4.79 Å². The van der Waals surface area contributed by atoms with Crippen LogP contribution in [0.1, 0.15) is 31.4 Å². The van der Waals surface area contributed by atoms with Crippen molar-refractivity contribution < 1.29 is 9.90 Å². The van der Waals surface area contributed by atoms with Gasteiger partial charge < -0.3 is 5.11 Å². The van der Waals surface area contributed by atoms with Crippen LogP contribution in [0.2, 0.25) is 0 Å². The number of hydrogen-bond acceptors (Lipinski definition) is 2. The molecule has 0 spiro atoms. The largest absolute Gasteiger partial charge is 0.480 e. The van der Waals surface area contributed by atoms with E-state index >= 15 is 0 Å². The second-order valence-electron chi connectivity index (χ2n) is 4.52. The van der Waals surface area contributed by atoms with Gasteiger partial charge in [0.2, 0.25) is 0 Å². The molecule has 92 valence electrons. The highest BCUT2D eigenvalue weighted by Crippen LogP contribution is 2.34. The van der Waals surface area contributed by atoms with Gasteiger partial charge in [-0.2, -0.15) is 0 Å². The molecule has 2 rings (SSSR count). The number of hydrogen-bond donors (Lipinski definition) is 1. The molecule has 1 atom stereocenters. The molecule has 4 heteroatoms. The van der Waals surface area contributed by atoms with Crippen LogP contribution in [0, 0.1) is 3.57 Å². The maximum atomic E-state index is 10.9. The monoisotopic (exact) mass is 345 g/mol. The Morgan fingerprint density at radius 2 is 2.06 bits per heavy atom. The van der Waals surface area contributed by atoms with Crippen LogP contribution in [0.3, 0.4) is 0 Å². The zero-order valence-corrected chi connectivity index (χ0v) is 11.9. The van der Waals surface area contributed by atoms with Crippen molar-refractivity contribution in [3.63, 3.8) is 0 Å². The molecule has 1 aromatic rings. The molecule has 3 nitrogen and oxygen atoms in total. The van der Waals surface area contributed by atoms with Crippen LogP contribution in [0.4, 0.5) is 0 Å². The van der Waals surface area contributed by atoms with E-state index in [1.807, 2.05) is 0 Å². The van der Waals surface area contributed by atoms with Crippen molar-refractivity contribution in [2.45, 2.75) is 31.8 Å². The minimum Gasteiger partial charge on any atom is -0.480 e. The number of nitrogens with zero attached hydrogens (tertiary/aromatic N) is 1. The Bertz CT molecular complexity index is 400. The molecule has 0 aromatic heterocycles. The number of halogens is 1. The number of carbonyl (C=O) groups is 1. The van der Waals surface area contributed by atoms with Crippen LogP contribution in [0.15, 0.2) is 24.3 Å². The molecule has 0 radical (unpaired) electrons. The number of carboxylic acids is 1. The van der Waals surface area contributed by atoms with Crippen molar-refractivity contribution in [3.8, 4) is 0 Å². The lowest BCUT2D eigenvalue weighted by Crippen LogP contribution is -2.34. The Kier molecular flexibility index (Phi) is 4.04. The first-order valence-corrected chi connectivity index (χ1v) is 6.89. The minimum absolute atomic E-state index is 0.137. The standard InChI is InChI=1S/C13H16INO2/c1-9(10-2-4-11(14)5-3-10)15(8-13(16)17)12-6-7-12/h2-5,9,12H,6-8H2,1H3,(H,16,17). The Morgan fingerprint density at radius 3 is 2.53 bits per heavy atom. The molecule has 0 aliphatic heterocycles. The van der Waals surface area contributed by atoms with E-state index < -0.39 is 5.97 Å². The first kappa shape index (κ1) is 12.8. The van der Waals surface area contributed by atoms with E-state index in [2.05, 4.69) is 58.7 Å². The average molecular weight is 345 g/mol. The highest BCUT2D eigenvalue weighted by Gasteiger charge is 2.33. The summed E-state index contributed by atoms with van der Waals surface area (Å²) in [7, 11) is 0. The van der Waals surface area contributed by atoms with Gasteiger partial charge in [0.05, 0.1) is 6.54 Å². The fourth-order valence-corrected chi connectivity index (χ4v) is 2.44. The van der Waals surface area contributed by atoms with Gasteiger partial charge in [-0.15, -0.1) is 0 Å². The first-order valence-electron chi connectivity index (χ1n) is 5.81. The number of benzene rings is 1. The van der Waals surface area contributed by atoms with Gasteiger partial charge in [0.1, 0.15) is 0 Å². The summed E-state index contributed by atoms with van der Waals surface area (Å²) in [4.78, 5) is 13.0.